The Hall–Kier alpha value is -1.12. The average Bonchev–Trinajstić information content (AvgIpc) is 2.38. The van der Waals surface area contributed by atoms with Gasteiger partial charge in [-0.25, -0.2) is 0 Å². The molecule has 2 atom stereocenters. The van der Waals surface area contributed by atoms with Gasteiger partial charge in [-0.1, -0.05) is 38.3 Å². The van der Waals surface area contributed by atoms with Crippen LogP contribution in [-0.2, 0) is 9.59 Å². The van der Waals surface area contributed by atoms with E-state index in [2.05, 4.69) is 19.1 Å². The average molecular weight is 280 g/mol. The number of carbonyl (C=O) groups excluding carboxylic acids is 1. The molecule has 0 radical (unpaired) electrons. The van der Waals surface area contributed by atoms with Crippen LogP contribution in [0.1, 0.15) is 71.1 Å². The van der Waals surface area contributed by atoms with Gasteiger partial charge >= 0.3 is 5.97 Å². The summed E-state index contributed by atoms with van der Waals surface area (Å²) in [6, 6.07) is 0. The van der Waals surface area contributed by atoms with E-state index in [0.717, 1.165) is 25.7 Å². The van der Waals surface area contributed by atoms with Crippen molar-refractivity contribution < 1.29 is 14.7 Å². The van der Waals surface area contributed by atoms with Crippen LogP contribution in [0.5, 0.6) is 0 Å². The number of hydrogen-bond acceptors (Lipinski definition) is 2. The standard InChI is InChI=1S/C17H28O3/c1-14-10-8-6-4-2-3-5-7-9-11-16(18)15(12-14)13-17(19)20/h6,8,14-15H,2-5,7,9-13H2,1H3,(H,19,20)/b8-6-. The van der Waals surface area contributed by atoms with Crippen LogP contribution in [0.15, 0.2) is 12.2 Å². The first-order chi connectivity index (χ1) is 9.59. The van der Waals surface area contributed by atoms with Gasteiger partial charge in [0.05, 0.1) is 6.42 Å². The molecule has 0 aromatic carbocycles. The summed E-state index contributed by atoms with van der Waals surface area (Å²) < 4.78 is 0. The Balaban J connectivity index is 2.61. The highest BCUT2D eigenvalue weighted by Gasteiger charge is 2.23. The first-order valence-electron chi connectivity index (χ1n) is 7.99. The first kappa shape index (κ1) is 16.9. The number of carboxylic acids is 1. The molecular formula is C17H28O3. The van der Waals surface area contributed by atoms with Gasteiger partial charge in [0.15, 0.2) is 0 Å². The molecule has 0 spiro atoms. The second kappa shape index (κ2) is 9.73. The number of hydrogen-bond donors (Lipinski definition) is 1. The van der Waals surface area contributed by atoms with Crippen LogP contribution in [0.3, 0.4) is 0 Å². The molecule has 1 N–H and O–H groups in total. The number of allylic oxidation sites excluding steroid dienone is 2. The van der Waals surface area contributed by atoms with Gasteiger partial charge in [-0.05, 0) is 38.0 Å². The molecule has 114 valence electrons. The predicted octanol–water partition coefficient (Wildman–Crippen LogP) is 4.36. The number of ketones is 1. The smallest absolute Gasteiger partial charge is 0.304 e. The zero-order valence-electron chi connectivity index (χ0n) is 12.6. The fourth-order valence-electron chi connectivity index (χ4n) is 2.86. The Morgan fingerprint density at radius 3 is 2.65 bits per heavy atom. The van der Waals surface area contributed by atoms with Gasteiger partial charge in [-0.15, -0.1) is 0 Å². The van der Waals surface area contributed by atoms with Crippen molar-refractivity contribution in [3.8, 4) is 0 Å². The molecule has 0 bridgehead atoms. The van der Waals surface area contributed by atoms with E-state index in [1.54, 1.807) is 0 Å². The van der Waals surface area contributed by atoms with Crippen molar-refractivity contribution in [3.05, 3.63) is 12.2 Å². The Labute approximate surface area is 122 Å². The van der Waals surface area contributed by atoms with Gasteiger partial charge in [0.25, 0.3) is 0 Å². The van der Waals surface area contributed by atoms with Crippen molar-refractivity contribution in [3.63, 3.8) is 0 Å². The van der Waals surface area contributed by atoms with Gasteiger partial charge < -0.3 is 5.11 Å². The highest BCUT2D eigenvalue weighted by atomic mass is 16.4. The lowest BCUT2D eigenvalue weighted by atomic mass is 9.86. The number of aliphatic carboxylic acids is 1. The van der Waals surface area contributed by atoms with E-state index in [9.17, 15) is 9.59 Å². The second-order valence-electron chi connectivity index (χ2n) is 6.12. The lowest BCUT2D eigenvalue weighted by molar-refractivity contribution is -0.141. The van der Waals surface area contributed by atoms with E-state index >= 15 is 0 Å². The lowest BCUT2D eigenvalue weighted by Gasteiger charge is -2.18. The van der Waals surface area contributed by atoms with E-state index in [4.69, 9.17) is 5.11 Å². The van der Waals surface area contributed by atoms with Crippen molar-refractivity contribution in [2.75, 3.05) is 0 Å². The third-order valence-corrected chi connectivity index (χ3v) is 4.06. The zero-order valence-corrected chi connectivity index (χ0v) is 12.6. The minimum atomic E-state index is -0.854. The maximum Gasteiger partial charge on any atom is 0.304 e. The normalized spacial score (nSPS) is 28.6. The molecule has 1 aliphatic rings. The van der Waals surface area contributed by atoms with Gasteiger partial charge in [0.2, 0.25) is 0 Å². The molecule has 20 heavy (non-hydrogen) atoms. The highest BCUT2D eigenvalue weighted by molar-refractivity contribution is 5.84. The summed E-state index contributed by atoms with van der Waals surface area (Å²) in [6.45, 7) is 2.11. The molecule has 0 saturated carbocycles. The molecule has 0 saturated heterocycles. The van der Waals surface area contributed by atoms with Crippen LogP contribution in [0.4, 0.5) is 0 Å². The van der Waals surface area contributed by atoms with Gasteiger partial charge in [0.1, 0.15) is 5.78 Å². The fraction of sp³-hybridized carbons (Fsp3) is 0.765. The summed E-state index contributed by atoms with van der Waals surface area (Å²) in [7, 11) is 0. The summed E-state index contributed by atoms with van der Waals surface area (Å²) in [5.41, 5.74) is 0. The van der Waals surface area contributed by atoms with Crippen molar-refractivity contribution in [1.29, 1.82) is 0 Å². The molecule has 0 aromatic rings. The van der Waals surface area contributed by atoms with Crippen molar-refractivity contribution >= 4 is 11.8 Å². The molecule has 3 nitrogen and oxygen atoms in total. The number of carbonyl (C=O) groups is 2. The zero-order chi connectivity index (χ0) is 14.8. The van der Waals surface area contributed by atoms with E-state index in [0.29, 0.717) is 18.8 Å². The number of Topliss-reactive ketones (excluding diaryl/α,β-unsaturated/α-hetero) is 1. The second-order valence-corrected chi connectivity index (χ2v) is 6.12. The molecule has 0 aromatic heterocycles. The van der Waals surface area contributed by atoms with Crippen LogP contribution in [-0.4, -0.2) is 16.9 Å². The molecule has 1 rings (SSSR count). The van der Waals surface area contributed by atoms with Crippen LogP contribution in [0.2, 0.25) is 0 Å². The summed E-state index contributed by atoms with van der Waals surface area (Å²) in [6.07, 6.45) is 13.4. The van der Waals surface area contributed by atoms with E-state index in [1.807, 2.05) is 0 Å². The topological polar surface area (TPSA) is 54.4 Å². The fourth-order valence-corrected chi connectivity index (χ4v) is 2.86. The largest absolute Gasteiger partial charge is 0.481 e. The van der Waals surface area contributed by atoms with Gasteiger partial charge in [0, 0.05) is 12.3 Å². The summed E-state index contributed by atoms with van der Waals surface area (Å²) in [4.78, 5) is 23.1. The first-order valence-corrected chi connectivity index (χ1v) is 7.99. The highest BCUT2D eigenvalue weighted by Crippen LogP contribution is 2.23. The minimum Gasteiger partial charge on any atom is -0.481 e. The predicted molar refractivity (Wildman–Crippen MR) is 80.6 cm³/mol. The van der Waals surface area contributed by atoms with E-state index in [1.165, 1.54) is 19.3 Å². The number of carboxylic acid groups (broad SMARTS) is 1. The third-order valence-electron chi connectivity index (χ3n) is 4.06. The van der Waals surface area contributed by atoms with E-state index < -0.39 is 5.97 Å². The Morgan fingerprint density at radius 1 is 1.20 bits per heavy atom. The number of rotatable bonds is 2. The van der Waals surface area contributed by atoms with Crippen LogP contribution in [0, 0.1) is 11.8 Å². The van der Waals surface area contributed by atoms with Gasteiger partial charge in [-0.2, -0.15) is 0 Å². The van der Waals surface area contributed by atoms with Gasteiger partial charge in [-0.3, -0.25) is 9.59 Å². The summed E-state index contributed by atoms with van der Waals surface area (Å²) >= 11 is 0. The lowest BCUT2D eigenvalue weighted by Crippen LogP contribution is -2.20. The van der Waals surface area contributed by atoms with Crippen molar-refractivity contribution in [1.82, 2.24) is 0 Å². The molecule has 1 aliphatic carbocycles. The third kappa shape index (κ3) is 7.46. The Bertz CT molecular complexity index is 333. The molecule has 3 heteroatoms. The quantitative estimate of drug-likeness (QED) is 0.764. The van der Waals surface area contributed by atoms with Crippen molar-refractivity contribution in [2.24, 2.45) is 11.8 Å². The maximum absolute atomic E-state index is 12.2. The molecule has 2 unspecified atom stereocenters. The molecular weight excluding hydrogens is 252 g/mol. The van der Waals surface area contributed by atoms with Crippen LogP contribution >= 0.6 is 0 Å². The monoisotopic (exact) mass is 280 g/mol. The molecule has 0 aliphatic heterocycles. The van der Waals surface area contributed by atoms with E-state index in [-0.39, 0.29) is 18.1 Å². The maximum atomic E-state index is 12.2. The molecule has 0 fully saturated rings. The molecule has 0 amide bonds. The SMILES string of the molecule is CC1C/C=C\CCCCCCCC(=O)C(CC(=O)O)C1. The Kier molecular flexibility index (Phi) is 8.24. The Morgan fingerprint density at radius 2 is 1.90 bits per heavy atom. The van der Waals surface area contributed by atoms with Crippen molar-refractivity contribution in [2.45, 2.75) is 71.1 Å². The van der Waals surface area contributed by atoms with Crippen LogP contribution in [0.25, 0.3) is 0 Å². The summed E-state index contributed by atoms with van der Waals surface area (Å²) in [5.74, 6) is -0.617. The summed E-state index contributed by atoms with van der Waals surface area (Å²) in [5, 5.41) is 8.97. The minimum absolute atomic E-state index is 0.00706. The van der Waals surface area contributed by atoms with Crippen LogP contribution < -0.4 is 0 Å². The molecule has 0 heterocycles.